The fraction of sp³-hybridized carbons (Fsp3) is 1.00. The molecule has 2 rings (SSSR count). The summed E-state index contributed by atoms with van der Waals surface area (Å²) in [5.41, 5.74) is 0.750. The first-order valence-electron chi connectivity index (χ1n) is 6.34. The number of ether oxygens (including phenoxy) is 1. The zero-order chi connectivity index (χ0) is 9.86. The summed E-state index contributed by atoms with van der Waals surface area (Å²) >= 11 is 0. The second-order valence-electron chi connectivity index (χ2n) is 5.48. The third-order valence-electron chi connectivity index (χ3n) is 4.36. The van der Waals surface area contributed by atoms with Gasteiger partial charge < -0.3 is 4.74 Å². The minimum atomic E-state index is 0.750. The van der Waals surface area contributed by atoms with Gasteiger partial charge in [-0.1, -0.05) is 25.7 Å². The molecule has 1 unspecified atom stereocenters. The quantitative estimate of drug-likeness (QED) is 0.653. The van der Waals surface area contributed by atoms with E-state index in [9.17, 15) is 0 Å². The third kappa shape index (κ3) is 2.31. The molecule has 14 heavy (non-hydrogen) atoms. The molecule has 0 bridgehead atoms. The predicted molar refractivity (Wildman–Crippen MR) is 59.4 cm³/mol. The minimum absolute atomic E-state index is 0.750. The Bertz CT molecular complexity index is 163. The third-order valence-corrected chi connectivity index (χ3v) is 4.36. The van der Waals surface area contributed by atoms with Gasteiger partial charge in [-0.05, 0) is 43.4 Å². The molecule has 2 saturated carbocycles. The fourth-order valence-corrected chi connectivity index (χ4v) is 3.72. The molecule has 1 spiro atoms. The summed E-state index contributed by atoms with van der Waals surface area (Å²) < 4.78 is 5.32. The number of hydrogen-bond acceptors (Lipinski definition) is 1. The summed E-state index contributed by atoms with van der Waals surface area (Å²) in [5.74, 6) is 0.867. The Balaban J connectivity index is 1.91. The Morgan fingerprint density at radius 2 is 1.79 bits per heavy atom. The van der Waals surface area contributed by atoms with Gasteiger partial charge in [0.1, 0.15) is 0 Å². The fourth-order valence-electron chi connectivity index (χ4n) is 3.72. The maximum Gasteiger partial charge on any atom is 0.0490 e. The van der Waals surface area contributed by atoms with Gasteiger partial charge >= 0.3 is 0 Å². The molecule has 0 aromatic heterocycles. The van der Waals surface area contributed by atoms with Crippen LogP contribution in [0.4, 0.5) is 0 Å². The lowest BCUT2D eigenvalue weighted by Crippen LogP contribution is -2.32. The largest absolute Gasteiger partial charge is 0.384 e. The van der Waals surface area contributed by atoms with Crippen LogP contribution in [0, 0.1) is 11.3 Å². The first kappa shape index (κ1) is 10.5. The Hall–Kier alpha value is -0.0400. The van der Waals surface area contributed by atoms with Crippen LogP contribution in [0.1, 0.15) is 57.8 Å². The topological polar surface area (TPSA) is 9.23 Å². The van der Waals surface area contributed by atoms with E-state index in [1.807, 2.05) is 7.11 Å². The van der Waals surface area contributed by atoms with Crippen LogP contribution < -0.4 is 0 Å². The van der Waals surface area contributed by atoms with Gasteiger partial charge in [0.05, 0.1) is 0 Å². The van der Waals surface area contributed by atoms with Crippen LogP contribution in [0.15, 0.2) is 0 Å². The highest BCUT2D eigenvalue weighted by atomic mass is 16.5. The van der Waals surface area contributed by atoms with Crippen molar-refractivity contribution in [1.29, 1.82) is 0 Å². The molecule has 2 aliphatic carbocycles. The van der Waals surface area contributed by atoms with E-state index in [1.165, 1.54) is 57.8 Å². The lowest BCUT2D eigenvalue weighted by molar-refractivity contribution is 0.0458. The first-order valence-corrected chi connectivity index (χ1v) is 6.34. The standard InChI is InChI=1S/C13H24O/c1-14-11-12-6-5-9-13(10-12)7-3-2-4-8-13/h12H,2-11H2,1H3. The zero-order valence-electron chi connectivity index (χ0n) is 9.56. The molecular weight excluding hydrogens is 172 g/mol. The van der Waals surface area contributed by atoms with Crippen LogP contribution in [0.3, 0.4) is 0 Å². The molecule has 1 atom stereocenters. The molecule has 1 nitrogen and oxygen atoms in total. The number of hydrogen-bond donors (Lipinski definition) is 0. The van der Waals surface area contributed by atoms with Crippen molar-refractivity contribution in [3.05, 3.63) is 0 Å². The summed E-state index contributed by atoms with van der Waals surface area (Å²) in [4.78, 5) is 0. The molecule has 0 radical (unpaired) electrons. The van der Waals surface area contributed by atoms with Gasteiger partial charge in [0.25, 0.3) is 0 Å². The van der Waals surface area contributed by atoms with Crippen LogP contribution in [-0.4, -0.2) is 13.7 Å². The second-order valence-corrected chi connectivity index (χ2v) is 5.48. The number of methoxy groups -OCH3 is 1. The molecule has 82 valence electrons. The highest BCUT2D eigenvalue weighted by Crippen LogP contribution is 2.49. The summed E-state index contributed by atoms with van der Waals surface area (Å²) in [5, 5.41) is 0. The van der Waals surface area contributed by atoms with Gasteiger partial charge in [-0.15, -0.1) is 0 Å². The van der Waals surface area contributed by atoms with Crippen LogP contribution in [0.2, 0.25) is 0 Å². The van der Waals surface area contributed by atoms with Gasteiger partial charge in [-0.25, -0.2) is 0 Å². The van der Waals surface area contributed by atoms with Crippen molar-refractivity contribution in [2.45, 2.75) is 57.8 Å². The van der Waals surface area contributed by atoms with E-state index in [1.54, 1.807) is 0 Å². The second kappa shape index (κ2) is 4.65. The average molecular weight is 196 g/mol. The first-order chi connectivity index (χ1) is 6.85. The lowest BCUT2D eigenvalue weighted by Gasteiger charge is -2.43. The van der Waals surface area contributed by atoms with Crippen molar-refractivity contribution >= 4 is 0 Å². The Morgan fingerprint density at radius 3 is 2.50 bits per heavy atom. The van der Waals surface area contributed by atoms with Crippen molar-refractivity contribution < 1.29 is 4.74 Å². The van der Waals surface area contributed by atoms with Crippen molar-refractivity contribution in [1.82, 2.24) is 0 Å². The van der Waals surface area contributed by atoms with Crippen LogP contribution >= 0.6 is 0 Å². The van der Waals surface area contributed by atoms with Crippen molar-refractivity contribution in [2.75, 3.05) is 13.7 Å². The van der Waals surface area contributed by atoms with Crippen molar-refractivity contribution in [3.63, 3.8) is 0 Å². The summed E-state index contributed by atoms with van der Waals surface area (Å²) in [7, 11) is 1.85. The Labute approximate surface area is 88.2 Å². The maximum absolute atomic E-state index is 5.32. The highest BCUT2D eigenvalue weighted by Gasteiger charge is 2.36. The van der Waals surface area contributed by atoms with Crippen LogP contribution in [-0.2, 0) is 4.74 Å². The molecule has 1 heteroatoms. The van der Waals surface area contributed by atoms with Gasteiger partial charge in [-0.2, -0.15) is 0 Å². The summed E-state index contributed by atoms with van der Waals surface area (Å²) in [6.07, 6.45) is 13.3. The predicted octanol–water partition coefficient (Wildman–Crippen LogP) is 3.77. The Kier molecular flexibility index (Phi) is 3.48. The molecule has 2 aliphatic rings. The molecule has 0 aliphatic heterocycles. The smallest absolute Gasteiger partial charge is 0.0490 e. The van der Waals surface area contributed by atoms with E-state index in [0.717, 1.165) is 17.9 Å². The Morgan fingerprint density at radius 1 is 1.07 bits per heavy atom. The molecule has 0 amide bonds. The van der Waals surface area contributed by atoms with Crippen molar-refractivity contribution in [3.8, 4) is 0 Å². The number of rotatable bonds is 2. The van der Waals surface area contributed by atoms with E-state index >= 15 is 0 Å². The monoisotopic (exact) mass is 196 g/mol. The molecular formula is C13H24O. The van der Waals surface area contributed by atoms with Crippen LogP contribution in [0.5, 0.6) is 0 Å². The molecule has 2 fully saturated rings. The van der Waals surface area contributed by atoms with E-state index in [-0.39, 0.29) is 0 Å². The van der Waals surface area contributed by atoms with Gasteiger partial charge in [0.2, 0.25) is 0 Å². The van der Waals surface area contributed by atoms with E-state index < -0.39 is 0 Å². The molecule has 0 aromatic rings. The van der Waals surface area contributed by atoms with E-state index in [4.69, 9.17) is 4.74 Å². The minimum Gasteiger partial charge on any atom is -0.384 e. The summed E-state index contributed by atoms with van der Waals surface area (Å²) in [6.45, 7) is 1.00. The maximum atomic E-state index is 5.32. The molecule has 0 aromatic carbocycles. The highest BCUT2D eigenvalue weighted by molar-refractivity contribution is 4.88. The molecule has 0 saturated heterocycles. The van der Waals surface area contributed by atoms with E-state index in [2.05, 4.69) is 0 Å². The average Bonchev–Trinajstić information content (AvgIpc) is 2.19. The van der Waals surface area contributed by atoms with E-state index in [0.29, 0.717) is 0 Å². The molecule has 0 N–H and O–H groups in total. The van der Waals surface area contributed by atoms with Gasteiger partial charge in [0.15, 0.2) is 0 Å². The van der Waals surface area contributed by atoms with Gasteiger partial charge in [0, 0.05) is 13.7 Å². The lowest BCUT2D eigenvalue weighted by atomic mass is 9.63. The molecule has 0 heterocycles. The van der Waals surface area contributed by atoms with Crippen molar-refractivity contribution in [2.24, 2.45) is 11.3 Å². The normalized spacial score (nSPS) is 31.9. The summed E-state index contributed by atoms with van der Waals surface area (Å²) in [6, 6.07) is 0. The zero-order valence-corrected chi connectivity index (χ0v) is 9.56. The van der Waals surface area contributed by atoms with Crippen LogP contribution in [0.25, 0.3) is 0 Å². The van der Waals surface area contributed by atoms with Gasteiger partial charge in [-0.3, -0.25) is 0 Å². The SMILES string of the molecule is COCC1CCCC2(CCCCC2)C1.